The quantitative estimate of drug-likeness (QED) is 0.856. The predicted octanol–water partition coefficient (Wildman–Crippen LogP) is 3.43. The van der Waals surface area contributed by atoms with E-state index < -0.39 is 5.60 Å². The number of anilines is 1. The smallest absolute Gasteiger partial charge is 0.415 e. The molecule has 5 nitrogen and oxygen atoms in total. The summed E-state index contributed by atoms with van der Waals surface area (Å²) in [5.41, 5.74) is 1.63. The SMILES string of the molecule is CCN(C(=O)OC(C)(C)C)c1ccc(C2=NCCC2)cn1. The highest BCUT2D eigenvalue weighted by molar-refractivity contribution is 6.01. The highest BCUT2D eigenvalue weighted by atomic mass is 16.6. The summed E-state index contributed by atoms with van der Waals surface area (Å²) in [6.45, 7) is 8.88. The highest BCUT2D eigenvalue weighted by Gasteiger charge is 2.23. The molecule has 0 saturated heterocycles. The summed E-state index contributed by atoms with van der Waals surface area (Å²) < 4.78 is 5.40. The molecule has 0 radical (unpaired) electrons. The number of carbonyl (C=O) groups is 1. The van der Waals surface area contributed by atoms with Crippen molar-refractivity contribution in [2.75, 3.05) is 18.0 Å². The summed E-state index contributed by atoms with van der Waals surface area (Å²) >= 11 is 0. The molecule has 0 aliphatic carbocycles. The van der Waals surface area contributed by atoms with Gasteiger partial charge in [-0.25, -0.2) is 9.78 Å². The molecule has 0 atom stereocenters. The monoisotopic (exact) mass is 289 g/mol. The van der Waals surface area contributed by atoms with Gasteiger partial charge in [0.1, 0.15) is 11.4 Å². The summed E-state index contributed by atoms with van der Waals surface area (Å²) in [7, 11) is 0. The third-order valence-corrected chi connectivity index (χ3v) is 3.16. The van der Waals surface area contributed by atoms with Gasteiger partial charge in [-0.2, -0.15) is 0 Å². The number of aliphatic imine (C=N–C) groups is 1. The maximum atomic E-state index is 12.2. The van der Waals surface area contributed by atoms with Gasteiger partial charge in [0.15, 0.2) is 0 Å². The minimum Gasteiger partial charge on any atom is -0.443 e. The Kier molecular flexibility index (Phi) is 4.60. The number of aromatic nitrogens is 1. The van der Waals surface area contributed by atoms with E-state index in [2.05, 4.69) is 9.98 Å². The van der Waals surface area contributed by atoms with Gasteiger partial charge in [0.05, 0.1) is 0 Å². The van der Waals surface area contributed by atoms with Crippen molar-refractivity contribution in [3.8, 4) is 0 Å². The van der Waals surface area contributed by atoms with Gasteiger partial charge in [-0.1, -0.05) is 0 Å². The zero-order valence-corrected chi connectivity index (χ0v) is 13.2. The van der Waals surface area contributed by atoms with Crippen LogP contribution in [0.1, 0.15) is 46.1 Å². The zero-order chi connectivity index (χ0) is 15.5. The summed E-state index contributed by atoms with van der Waals surface area (Å²) in [6.07, 6.45) is 3.52. The minimum absolute atomic E-state index is 0.372. The third kappa shape index (κ3) is 4.03. The zero-order valence-electron chi connectivity index (χ0n) is 13.2. The van der Waals surface area contributed by atoms with E-state index in [4.69, 9.17) is 4.74 Å². The lowest BCUT2D eigenvalue weighted by Gasteiger charge is -2.25. The average molecular weight is 289 g/mol. The standard InChI is InChI=1S/C16H23N3O2/c1-5-19(15(20)21-16(2,3)4)14-9-8-12(11-18-14)13-7-6-10-17-13/h8-9,11H,5-7,10H2,1-4H3. The van der Waals surface area contributed by atoms with Crippen molar-refractivity contribution in [1.29, 1.82) is 0 Å². The van der Waals surface area contributed by atoms with Gasteiger partial charge in [-0.15, -0.1) is 0 Å². The molecule has 21 heavy (non-hydrogen) atoms. The number of rotatable bonds is 3. The molecule has 0 spiro atoms. The second-order valence-electron chi connectivity index (χ2n) is 6.06. The van der Waals surface area contributed by atoms with Crippen LogP contribution in [0.5, 0.6) is 0 Å². The Bertz CT molecular complexity index is 529. The second kappa shape index (κ2) is 6.24. The van der Waals surface area contributed by atoms with Crippen molar-refractivity contribution in [1.82, 2.24) is 4.98 Å². The first-order valence-corrected chi connectivity index (χ1v) is 7.41. The Morgan fingerprint density at radius 3 is 2.62 bits per heavy atom. The van der Waals surface area contributed by atoms with E-state index in [-0.39, 0.29) is 6.09 Å². The van der Waals surface area contributed by atoms with E-state index in [1.807, 2.05) is 39.8 Å². The molecule has 0 unspecified atom stereocenters. The Morgan fingerprint density at radius 1 is 1.38 bits per heavy atom. The van der Waals surface area contributed by atoms with E-state index in [1.165, 1.54) is 4.90 Å². The summed E-state index contributed by atoms with van der Waals surface area (Å²) in [6, 6.07) is 3.82. The molecule has 2 rings (SSSR count). The predicted molar refractivity (Wildman–Crippen MR) is 84.1 cm³/mol. The normalized spacial score (nSPS) is 14.8. The van der Waals surface area contributed by atoms with Crippen LogP contribution in [0.4, 0.5) is 10.6 Å². The number of hydrogen-bond acceptors (Lipinski definition) is 4. The van der Waals surface area contributed by atoms with Crippen LogP contribution in [-0.4, -0.2) is 35.5 Å². The summed E-state index contributed by atoms with van der Waals surface area (Å²) in [5, 5.41) is 0. The third-order valence-electron chi connectivity index (χ3n) is 3.16. The van der Waals surface area contributed by atoms with Crippen LogP contribution in [0.2, 0.25) is 0 Å². The second-order valence-corrected chi connectivity index (χ2v) is 6.06. The number of carbonyl (C=O) groups excluding carboxylic acids is 1. The van der Waals surface area contributed by atoms with Gasteiger partial charge in [-0.3, -0.25) is 9.89 Å². The first-order valence-electron chi connectivity index (χ1n) is 7.41. The molecule has 0 saturated carbocycles. The Balaban J connectivity index is 2.13. The van der Waals surface area contributed by atoms with Crippen LogP contribution in [0.15, 0.2) is 23.3 Å². The Morgan fingerprint density at radius 2 is 2.14 bits per heavy atom. The van der Waals surface area contributed by atoms with E-state index in [9.17, 15) is 4.79 Å². The highest BCUT2D eigenvalue weighted by Crippen LogP contribution is 2.18. The topological polar surface area (TPSA) is 54.8 Å². The van der Waals surface area contributed by atoms with Gasteiger partial charge in [0.25, 0.3) is 0 Å². The van der Waals surface area contributed by atoms with Crippen molar-refractivity contribution in [2.45, 2.75) is 46.1 Å². The lowest BCUT2D eigenvalue weighted by molar-refractivity contribution is 0.0581. The van der Waals surface area contributed by atoms with Gasteiger partial charge in [0.2, 0.25) is 0 Å². The van der Waals surface area contributed by atoms with Crippen LogP contribution >= 0.6 is 0 Å². The fourth-order valence-electron chi connectivity index (χ4n) is 2.19. The van der Waals surface area contributed by atoms with Crippen molar-refractivity contribution >= 4 is 17.6 Å². The summed E-state index contributed by atoms with van der Waals surface area (Å²) in [4.78, 5) is 22.6. The number of pyridine rings is 1. The fraction of sp³-hybridized carbons (Fsp3) is 0.562. The van der Waals surface area contributed by atoms with Gasteiger partial charge >= 0.3 is 6.09 Å². The molecular formula is C16H23N3O2. The van der Waals surface area contributed by atoms with Crippen LogP contribution in [-0.2, 0) is 4.74 Å². The van der Waals surface area contributed by atoms with Crippen LogP contribution < -0.4 is 4.90 Å². The lowest BCUT2D eigenvalue weighted by Crippen LogP contribution is -2.37. The van der Waals surface area contributed by atoms with Crippen molar-refractivity contribution < 1.29 is 9.53 Å². The molecule has 114 valence electrons. The lowest BCUT2D eigenvalue weighted by atomic mass is 10.1. The van der Waals surface area contributed by atoms with E-state index in [1.54, 1.807) is 6.20 Å². The molecule has 2 heterocycles. The average Bonchev–Trinajstić information content (AvgIpc) is 2.92. The molecule has 5 heteroatoms. The van der Waals surface area contributed by atoms with E-state index >= 15 is 0 Å². The summed E-state index contributed by atoms with van der Waals surface area (Å²) in [5.74, 6) is 0.606. The first kappa shape index (κ1) is 15.5. The molecular weight excluding hydrogens is 266 g/mol. The van der Waals surface area contributed by atoms with Gasteiger partial charge in [0, 0.05) is 30.6 Å². The number of amides is 1. The van der Waals surface area contributed by atoms with Crippen molar-refractivity contribution in [3.63, 3.8) is 0 Å². The fourth-order valence-corrected chi connectivity index (χ4v) is 2.19. The molecule has 1 aromatic rings. The van der Waals surface area contributed by atoms with Crippen molar-refractivity contribution in [2.24, 2.45) is 4.99 Å². The van der Waals surface area contributed by atoms with Crippen LogP contribution in [0.3, 0.4) is 0 Å². The van der Waals surface area contributed by atoms with Crippen LogP contribution in [0.25, 0.3) is 0 Å². The van der Waals surface area contributed by atoms with Crippen molar-refractivity contribution in [3.05, 3.63) is 23.9 Å². The first-order chi connectivity index (χ1) is 9.90. The minimum atomic E-state index is -0.511. The van der Waals surface area contributed by atoms with Crippen LogP contribution in [0, 0.1) is 0 Å². The number of nitrogens with zero attached hydrogens (tertiary/aromatic N) is 3. The molecule has 1 aromatic heterocycles. The maximum absolute atomic E-state index is 12.2. The Labute approximate surface area is 126 Å². The number of hydrogen-bond donors (Lipinski definition) is 0. The van der Waals surface area contributed by atoms with E-state index in [0.29, 0.717) is 12.4 Å². The molecule has 0 aromatic carbocycles. The molecule has 0 bridgehead atoms. The molecule has 0 N–H and O–H groups in total. The van der Waals surface area contributed by atoms with E-state index in [0.717, 1.165) is 30.7 Å². The number of ether oxygens (including phenoxy) is 1. The largest absolute Gasteiger partial charge is 0.443 e. The molecule has 1 amide bonds. The maximum Gasteiger partial charge on any atom is 0.415 e. The molecule has 1 aliphatic heterocycles. The molecule has 0 fully saturated rings. The van der Waals surface area contributed by atoms with Gasteiger partial charge in [-0.05, 0) is 52.7 Å². The Hall–Kier alpha value is -1.91. The van der Waals surface area contributed by atoms with Gasteiger partial charge < -0.3 is 4.74 Å². The molecule has 1 aliphatic rings.